The maximum Gasteiger partial charge on any atom is 0.304 e. The first-order valence-corrected chi connectivity index (χ1v) is 8.03. The molecular weight excluding hydrogens is 262 g/mol. The number of esters is 1. The summed E-state index contributed by atoms with van der Waals surface area (Å²) < 4.78 is 11.0. The fourth-order valence-electron chi connectivity index (χ4n) is 1.72. The highest BCUT2D eigenvalue weighted by molar-refractivity contribution is 6.32. The quantitative estimate of drug-likeness (QED) is 0.449. The van der Waals surface area contributed by atoms with Crippen molar-refractivity contribution in [2.75, 3.05) is 0 Å². The van der Waals surface area contributed by atoms with E-state index in [1.165, 1.54) is 6.92 Å². The van der Waals surface area contributed by atoms with Gasteiger partial charge in [-0.15, -0.1) is 0 Å². The average Bonchev–Trinajstić information content (AvgIpc) is 2.24. The predicted molar refractivity (Wildman–Crippen MR) is 75.2 cm³/mol. The highest BCUT2D eigenvalue weighted by Gasteiger charge is 2.46. The van der Waals surface area contributed by atoms with Gasteiger partial charge in [0.05, 0.1) is 6.10 Å². The summed E-state index contributed by atoms with van der Waals surface area (Å²) in [6.07, 6.45) is -0.737. The van der Waals surface area contributed by atoms with Crippen LogP contribution in [0.15, 0.2) is 0 Å². The van der Waals surface area contributed by atoms with Crippen molar-refractivity contribution >= 4 is 21.6 Å². The standard InChI is InChI=1S/C13H25NO4Si/c1-7(2)13(5,6)19-18-8(3)10-11(16)14-12(10)17-9(4)15/h7-8,10,12H,19H2,1-6H3,(H,14,16)/t8-,10+,12-/m1/s1. The van der Waals surface area contributed by atoms with Crippen molar-refractivity contribution in [3.63, 3.8) is 0 Å². The topological polar surface area (TPSA) is 64.6 Å². The molecule has 0 aliphatic carbocycles. The van der Waals surface area contributed by atoms with Crippen molar-refractivity contribution in [3.8, 4) is 0 Å². The molecule has 0 unspecified atom stereocenters. The number of hydrogen-bond acceptors (Lipinski definition) is 4. The van der Waals surface area contributed by atoms with Crippen molar-refractivity contribution in [2.24, 2.45) is 11.8 Å². The average molecular weight is 287 g/mol. The maximum absolute atomic E-state index is 11.6. The molecule has 1 heterocycles. The minimum Gasteiger partial charge on any atom is -0.441 e. The lowest BCUT2D eigenvalue weighted by Gasteiger charge is -2.40. The van der Waals surface area contributed by atoms with E-state index in [2.05, 4.69) is 33.0 Å². The summed E-state index contributed by atoms with van der Waals surface area (Å²) in [5, 5.41) is 2.76. The first-order valence-electron chi connectivity index (χ1n) is 6.74. The Morgan fingerprint density at radius 3 is 2.37 bits per heavy atom. The zero-order chi connectivity index (χ0) is 14.8. The van der Waals surface area contributed by atoms with Gasteiger partial charge in [-0.25, -0.2) is 0 Å². The van der Waals surface area contributed by atoms with Crippen LogP contribution in [-0.2, 0) is 18.8 Å². The summed E-state index contributed by atoms with van der Waals surface area (Å²) in [6.45, 7) is 12.0. The molecule has 1 fully saturated rings. The van der Waals surface area contributed by atoms with Gasteiger partial charge in [0.25, 0.3) is 0 Å². The second-order valence-corrected chi connectivity index (χ2v) is 8.67. The number of ether oxygens (including phenoxy) is 1. The molecule has 0 radical (unpaired) electrons. The largest absolute Gasteiger partial charge is 0.441 e. The van der Waals surface area contributed by atoms with Crippen LogP contribution in [0.4, 0.5) is 0 Å². The molecule has 5 nitrogen and oxygen atoms in total. The SMILES string of the molecule is CC(=O)O[C@H]1NC(=O)[C@@H]1[C@@H](C)O[SiH2]C(C)(C)C(C)C. The van der Waals surface area contributed by atoms with E-state index in [9.17, 15) is 9.59 Å². The van der Waals surface area contributed by atoms with Gasteiger partial charge < -0.3 is 14.5 Å². The van der Waals surface area contributed by atoms with E-state index in [1.807, 2.05) is 6.92 Å². The van der Waals surface area contributed by atoms with Crippen LogP contribution >= 0.6 is 0 Å². The summed E-state index contributed by atoms with van der Waals surface area (Å²) >= 11 is 0. The van der Waals surface area contributed by atoms with Crippen LogP contribution in [-0.4, -0.2) is 34.0 Å². The van der Waals surface area contributed by atoms with Gasteiger partial charge in [-0.3, -0.25) is 9.59 Å². The fraction of sp³-hybridized carbons (Fsp3) is 0.846. The van der Waals surface area contributed by atoms with Crippen LogP contribution < -0.4 is 5.32 Å². The molecule has 6 heteroatoms. The molecule has 0 bridgehead atoms. The third-order valence-electron chi connectivity index (χ3n) is 3.99. The summed E-state index contributed by atoms with van der Waals surface area (Å²) in [5.74, 6) is -0.317. The molecule has 1 amide bonds. The third-order valence-corrected chi connectivity index (χ3v) is 6.25. The van der Waals surface area contributed by atoms with E-state index in [0.717, 1.165) is 0 Å². The van der Waals surface area contributed by atoms with Crippen LogP contribution in [0.3, 0.4) is 0 Å². The molecule has 0 saturated carbocycles. The third kappa shape index (κ3) is 4.04. The van der Waals surface area contributed by atoms with E-state index < -0.39 is 16.0 Å². The molecule has 1 aliphatic rings. The summed E-state index contributed by atoms with van der Waals surface area (Å²) in [7, 11) is -0.767. The van der Waals surface area contributed by atoms with E-state index in [1.54, 1.807) is 0 Å². The van der Waals surface area contributed by atoms with Crippen molar-refractivity contribution in [1.29, 1.82) is 0 Å². The minimum atomic E-state index is -0.767. The Labute approximate surface area is 117 Å². The Morgan fingerprint density at radius 2 is 1.95 bits per heavy atom. The molecule has 3 atom stereocenters. The normalized spacial score (nSPS) is 25.3. The molecule has 0 aromatic rings. The zero-order valence-corrected chi connectivity index (χ0v) is 14.1. The van der Waals surface area contributed by atoms with Crippen LogP contribution in [0.5, 0.6) is 0 Å². The Morgan fingerprint density at radius 1 is 1.37 bits per heavy atom. The number of β-lactam (4-membered cyclic amide) rings is 1. The Balaban J connectivity index is 2.50. The number of hydrogen-bond donors (Lipinski definition) is 1. The van der Waals surface area contributed by atoms with Gasteiger partial charge in [0, 0.05) is 6.92 Å². The van der Waals surface area contributed by atoms with Crippen LogP contribution in [0.25, 0.3) is 0 Å². The van der Waals surface area contributed by atoms with Crippen LogP contribution in [0.2, 0.25) is 5.04 Å². The first-order chi connectivity index (χ1) is 8.65. The highest BCUT2D eigenvalue weighted by atomic mass is 28.2. The summed E-state index contributed by atoms with van der Waals surface area (Å²) in [6, 6.07) is 0. The van der Waals surface area contributed by atoms with Crippen molar-refractivity contribution in [3.05, 3.63) is 0 Å². The zero-order valence-electron chi connectivity index (χ0n) is 12.6. The van der Waals surface area contributed by atoms with Gasteiger partial charge in [0.2, 0.25) is 5.91 Å². The second-order valence-electron chi connectivity index (χ2n) is 6.22. The number of rotatable bonds is 6. The second kappa shape index (κ2) is 6.05. The molecule has 1 saturated heterocycles. The number of carbonyl (C=O) groups is 2. The fourth-order valence-corrected chi connectivity index (χ4v) is 2.96. The van der Waals surface area contributed by atoms with E-state index >= 15 is 0 Å². The lowest BCUT2D eigenvalue weighted by molar-refractivity contribution is -0.172. The molecule has 1 N–H and O–H groups in total. The van der Waals surface area contributed by atoms with E-state index in [0.29, 0.717) is 5.92 Å². The smallest absolute Gasteiger partial charge is 0.304 e. The van der Waals surface area contributed by atoms with Crippen LogP contribution in [0.1, 0.15) is 41.5 Å². The molecule has 0 aromatic carbocycles. The molecule has 0 aromatic heterocycles. The molecule has 19 heavy (non-hydrogen) atoms. The molecule has 1 aliphatic heterocycles. The van der Waals surface area contributed by atoms with Crippen molar-refractivity contribution in [1.82, 2.24) is 5.32 Å². The minimum absolute atomic E-state index is 0.102. The first kappa shape index (κ1) is 16.2. The highest BCUT2D eigenvalue weighted by Crippen LogP contribution is 2.34. The van der Waals surface area contributed by atoms with Gasteiger partial charge >= 0.3 is 5.97 Å². The van der Waals surface area contributed by atoms with Gasteiger partial charge in [-0.2, -0.15) is 0 Å². The van der Waals surface area contributed by atoms with E-state index in [-0.39, 0.29) is 28.9 Å². The lowest BCUT2D eigenvalue weighted by Crippen LogP contribution is -2.64. The number of carbonyl (C=O) groups excluding carboxylic acids is 2. The predicted octanol–water partition coefficient (Wildman–Crippen LogP) is 0.965. The van der Waals surface area contributed by atoms with Gasteiger partial charge in [0.1, 0.15) is 5.92 Å². The van der Waals surface area contributed by atoms with Gasteiger partial charge in [-0.1, -0.05) is 27.7 Å². The van der Waals surface area contributed by atoms with Gasteiger partial charge in [-0.05, 0) is 17.9 Å². The molecule has 1 rings (SSSR count). The molecule has 110 valence electrons. The van der Waals surface area contributed by atoms with Crippen LogP contribution in [0, 0.1) is 11.8 Å². The summed E-state index contributed by atoms with van der Waals surface area (Å²) in [5.41, 5.74) is 0. The Kier molecular flexibility index (Phi) is 5.15. The monoisotopic (exact) mass is 287 g/mol. The summed E-state index contributed by atoms with van der Waals surface area (Å²) in [4.78, 5) is 22.5. The molecular formula is C13H25NO4Si. The Bertz CT molecular complexity index is 357. The maximum atomic E-state index is 11.6. The lowest BCUT2D eigenvalue weighted by atomic mass is 9.93. The van der Waals surface area contributed by atoms with Gasteiger partial charge in [0.15, 0.2) is 16.0 Å². The van der Waals surface area contributed by atoms with E-state index in [4.69, 9.17) is 9.16 Å². The molecule has 0 spiro atoms. The Hall–Kier alpha value is -0.883. The number of amides is 1. The van der Waals surface area contributed by atoms with Crippen molar-refractivity contribution in [2.45, 2.75) is 58.9 Å². The number of nitrogens with one attached hydrogen (secondary N) is 1. The van der Waals surface area contributed by atoms with Crippen molar-refractivity contribution < 1.29 is 18.8 Å².